The van der Waals surface area contributed by atoms with Gasteiger partial charge in [-0.1, -0.05) is 11.6 Å². The van der Waals surface area contributed by atoms with Crippen LogP contribution in [0.5, 0.6) is 5.75 Å². The van der Waals surface area contributed by atoms with Crippen molar-refractivity contribution in [2.75, 3.05) is 25.0 Å². The third-order valence-electron chi connectivity index (χ3n) is 5.27. The van der Waals surface area contributed by atoms with Crippen LogP contribution >= 0.6 is 0 Å². The van der Waals surface area contributed by atoms with E-state index in [4.69, 9.17) is 9.15 Å². The van der Waals surface area contributed by atoms with Gasteiger partial charge >= 0.3 is 0 Å². The Morgan fingerprint density at radius 2 is 2.29 bits per heavy atom. The number of benzene rings is 1. The molecule has 1 amide bonds. The lowest BCUT2D eigenvalue weighted by molar-refractivity contribution is -0.116. The molecule has 0 bridgehead atoms. The summed E-state index contributed by atoms with van der Waals surface area (Å²) in [5.74, 6) is 1.57. The molecule has 0 saturated carbocycles. The average Bonchev–Trinajstić information content (AvgIpc) is 3.16. The molecule has 2 aromatic rings. The molecule has 6 heteroatoms. The van der Waals surface area contributed by atoms with Crippen LogP contribution < -0.4 is 10.1 Å². The highest BCUT2D eigenvalue weighted by Crippen LogP contribution is 2.29. The first-order valence-corrected chi connectivity index (χ1v) is 9.77. The Hall–Kier alpha value is -2.57. The lowest BCUT2D eigenvalue weighted by atomic mass is 10.0. The van der Waals surface area contributed by atoms with E-state index in [-0.39, 0.29) is 12.0 Å². The highest BCUT2D eigenvalue weighted by molar-refractivity contribution is 5.94. The van der Waals surface area contributed by atoms with E-state index in [0.29, 0.717) is 18.7 Å². The molecule has 0 unspecified atom stereocenters. The Morgan fingerprint density at radius 1 is 1.39 bits per heavy atom. The molecule has 148 valence electrons. The van der Waals surface area contributed by atoms with Crippen molar-refractivity contribution in [2.24, 2.45) is 0 Å². The van der Waals surface area contributed by atoms with Crippen molar-refractivity contribution in [3.05, 3.63) is 53.5 Å². The number of likely N-dealkylation sites (tertiary alicyclic amines) is 1. The molecule has 3 heterocycles. The summed E-state index contributed by atoms with van der Waals surface area (Å²) in [6.07, 6.45) is 4.91. The van der Waals surface area contributed by atoms with E-state index in [2.05, 4.69) is 17.1 Å². The average molecular weight is 382 g/mol. The third kappa shape index (κ3) is 4.46. The number of fused-ring (bicyclic) bond motifs is 1. The number of hydrogen-bond acceptors (Lipinski definition) is 5. The fraction of sp³-hybridized carbons (Fsp3) is 0.409. The lowest BCUT2D eigenvalue weighted by Gasteiger charge is -2.36. The zero-order valence-electron chi connectivity index (χ0n) is 16.1. The number of carbonyl (C=O) groups excluding carboxylic acids is 1. The van der Waals surface area contributed by atoms with Crippen molar-refractivity contribution < 1.29 is 19.1 Å². The quantitative estimate of drug-likeness (QED) is 0.831. The maximum Gasteiger partial charge on any atom is 0.224 e. The van der Waals surface area contributed by atoms with Crippen molar-refractivity contribution in [3.63, 3.8) is 0 Å². The highest BCUT2D eigenvalue weighted by atomic mass is 16.5. The van der Waals surface area contributed by atoms with Crippen LogP contribution in [0.4, 0.5) is 5.69 Å². The Kier molecular flexibility index (Phi) is 5.50. The number of furan rings is 1. The van der Waals surface area contributed by atoms with Gasteiger partial charge in [-0.3, -0.25) is 9.69 Å². The van der Waals surface area contributed by atoms with Crippen LogP contribution in [0, 0.1) is 0 Å². The Balaban J connectivity index is 1.33. The molecule has 1 saturated heterocycles. The molecule has 6 nitrogen and oxygen atoms in total. The number of aryl methyl sites for hydroxylation is 1. The van der Waals surface area contributed by atoms with Crippen LogP contribution in [0.3, 0.4) is 0 Å². The van der Waals surface area contributed by atoms with Crippen molar-refractivity contribution in [3.8, 4) is 5.75 Å². The normalized spacial score (nSPS) is 23.2. The summed E-state index contributed by atoms with van der Waals surface area (Å²) in [7, 11) is 0. The van der Waals surface area contributed by atoms with Crippen LogP contribution in [0.1, 0.15) is 31.1 Å². The van der Waals surface area contributed by atoms with Crippen molar-refractivity contribution in [2.45, 2.75) is 38.4 Å². The monoisotopic (exact) mass is 382 g/mol. The minimum atomic E-state index is -0.559. The maximum absolute atomic E-state index is 11.6. The van der Waals surface area contributed by atoms with Crippen LogP contribution in [0.15, 0.2) is 46.6 Å². The molecule has 1 fully saturated rings. The molecule has 2 aliphatic heterocycles. The predicted molar refractivity (Wildman–Crippen MR) is 107 cm³/mol. The number of hydrogen-bond donors (Lipinski definition) is 2. The topological polar surface area (TPSA) is 74.9 Å². The number of aliphatic hydroxyl groups excluding tert-OH is 1. The highest BCUT2D eigenvalue weighted by Gasteiger charge is 2.29. The molecule has 2 N–H and O–H groups in total. The fourth-order valence-electron chi connectivity index (χ4n) is 3.87. The summed E-state index contributed by atoms with van der Waals surface area (Å²) in [6.45, 7) is 4.27. The van der Waals surface area contributed by atoms with Crippen molar-refractivity contribution >= 4 is 17.7 Å². The van der Waals surface area contributed by atoms with Gasteiger partial charge in [0.05, 0.1) is 6.26 Å². The van der Waals surface area contributed by atoms with Crippen molar-refractivity contribution in [1.29, 1.82) is 0 Å². The van der Waals surface area contributed by atoms with E-state index >= 15 is 0 Å². The Morgan fingerprint density at radius 3 is 3.07 bits per heavy atom. The summed E-state index contributed by atoms with van der Waals surface area (Å²) in [4.78, 5) is 13.8. The summed E-state index contributed by atoms with van der Waals surface area (Å²) < 4.78 is 11.4. The van der Waals surface area contributed by atoms with Gasteiger partial charge in [-0.25, -0.2) is 0 Å². The second-order valence-electron chi connectivity index (χ2n) is 7.62. The first-order chi connectivity index (χ1) is 13.6. The number of nitrogens with zero attached hydrogens (tertiary/aromatic N) is 1. The molecule has 0 radical (unpaired) electrons. The summed E-state index contributed by atoms with van der Waals surface area (Å²) in [5.41, 5.74) is 3.13. The van der Waals surface area contributed by atoms with Gasteiger partial charge in [0.1, 0.15) is 23.7 Å². The molecule has 0 aliphatic carbocycles. The Bertz CT molecular complexity index is 859. The van der Waals surface area contributed by atoms with E-state index in [1.807, 2.05) is 36.4 Å². The first kappa shape index (κ1) is 18.8. The fourth-order valence-corrected chi connectivity index (χ4v) is 3.87. The minimum Gasteiger partial charge on any atom is -0.488 e. The smallest absolute Gasteiger partial charge is 0.224 e. The third-order valence-corrected chi connectivity index (χ3v) is 5.27. The van der Waals surface area contributed by atoms with E-state index in [0.717, 1.165) is 42.9 Å². The minimum absolute atomic E-state index is 0.0379. The van der Waals surface area contributed by atoms with Crippen LogP contribution in [-0.4, -0.2) is 47.8 Å². The molecule has 4 rings (SSSR count). The van der Waals surface area contributed by atoms with E-state index < -0.39 is 6.10 Å². The number of anilines is 1. The lowest BCUT2D eigenvalue weighted by Crippen LogP contribution is -2.49. The summed E-state index contributed by atoms with van der Waals surface area (Å²) >= 11 is 0. The van der Waals surface area contributed by atoms with Crippen LogP contribution in [0.25, 0.3) is 6.08 Å². The van der Waals surface area contributed by atoms with Gasteiger partial charge in [-0.05, 0) is 49.6 Å². The zero-order valence-corrected chi connectivity index (χ0v) is 16.1. The molecule has 0 spiro atoms. The van der Waals surface area contributed by atoms with Gasteiger partial charge < -0.3 is 19.6 Å². The molecule has 28 heavy (non-hydrogen) atoms. The number of aliphatic hydroxyl groups is 1. The van der Waals surface area contributed by atoms with Gasteiger partial charge in [-0.15, -0.1) is 0 Å². The molecular weight excluding hydrogens is 356 g/mol. The SMILES string of the molecule is C/C(=C\c1ccco1)CN1CC[C@@H](Oc2ccc3c(c2)NC(=O)CC3)[C@H](O)C1. The molecule has 1 aromatic carbocycles. The predicted octanol–water partition coefficient (Wildman–Crippen LogP) is 3.08. The second kappa shape index (κ2) is 8.20. The molecule has 2 aliphatic rings. The Labute approximate surface area is 164 Å². The van der Waals surface area contributed by atoms with E-state index in [9.17, 15) is 9.90 Å². The molecule has 1 aromatic heterocycles. The number of rotatable bonds is 5. The molecule has 2 atom stereocenters. The number of piperidine rings is 1. The number of carbonyl (C=O) groups is 1. The zero-order chi connectivity index (χ0) is 19.5. The number of amides is 1. The van der Waals surface area contributed by atoms with Gasteiger partial charge in [0.2, 0.25) is 5.91 Å². The molecular formula is C22H26N2O4. The number of nitrogens with one attached hydrogen (secondary N) is 1. The summed E-state index contributed by atoms with van der Waals surface area (Å²) in [5, 5.41) is 13.5. The van der Waals surface area contributed by atoms with Gasteiger partial charge in [0.15, 0.2) is 0 Å². The van der Waals surface area contributed by atoms with E-state index in [1.54, 1.807) is 6.26 Å². The maximum atomic E-state index is 11.6. The van der Waals surface area contributed by atoms with Gasteiger partial charge in [-0.2, -0.15) is 0 Å². The largest absolute Gasteiger partial charge is 0.488 e. The summed E-state index contributed by atoms with van der Waals surface area (Å²) in [6, 6.07) is 9.58. The van der Waals surface area contributed by atoms with Crippen LogP contribution in [-0.2, 0) is 11.2 Å². The standard InChI is InChI=1S/C22H26N2O4/c1-15(11-17-3-2-10-27-17)13-24-9-8-21(20(25)14-24)28-18-6-4-16-5-7-22(26)23-19(16)12-18/h2-4,6,10-12,20-21,25H,5,7-9,13-14H2,1H3,(H,23,26)/b15-11+/t20-,21-/m1/s1. The van der Waals surface area contributed by atoms with Gasteiger partial charge in [0, 0.05) is 37.8 Å². The van der Waals surface area contributed by atoms with Gasteiger partial charge in [0.25, 0.3) is 0 Å². The second-order valence-corrected chi connectivity index (χ2v) is 7.62. The van der Waals surface area contributed by atoms with E-state index in [1.165, 1.54) is 5.57 Å². The number of ether oxygens (including phenoxy) is 1. The first-order valence-electron chi connectivity index (χ1n) is 9.77. The van der Waals surface area contributed by atoms with Crippen LogP contribution in [0.2, 0.25) is 0 Å². The van der Waals surface area contributed by atoms with Crippen molar-refractivity contribution in [1.82, 2.24) is 4.90 Å². The number of β-amino-alcohol motifs (C(OH)–C–C–N with tert-alkyl or cyclic N) is 1.